The van der Waals surface area contributed by atoms with Crippen LogP contribution in [0.15, 0.2) is 6.33 Å². The number of hydrogen-bond donors (Lipinski definition) is 0. The fourth-order valence-electron chi connectivity index (χ4n) is 2.51. The Bertz CT molecular complexity index is 373. The summed E-state index contributed by atoms with van der Waals surface area (Å²) in [5.41, 5.74) is 1.09. The Morgan fingerprint density at radius 3 is 2.59 bits per heavy atom. The molecule has 1 aliphatic heterocycles. The van der Waals surface area contributed by atoms with Crippen LogP contribution < -0.4 is 4.90 Å². The Morgan fingerprint density at radius 2 is 2.00 bits per heavy atom. The van der Waals surface area contributed by atoms with Crippen LogP contribution in [0.4, 0.5) is 5.82 Å². The lowest BCUT2D eigenvalue weighted by molar-refractivity contribution is 0.393. The fraction of sp³-hybridized carbons (Fsp3) is 0.692. The van der Waals surface area contributed by atoms with E-state index in [0.29, 0.717) is 5.15 Å². The highest BCUT2D eigenvalue weighted by molar-refractivity contribution is 6.30. The fourth-order valence-corrected chi connectivity index (χ4v) is 2.77. The summed E-state index contributed by atoms with van der Waals surface area (Å²) in [5, 5.41) is 0.607. The van der Waals surface area contributed by atoms with Crippen LogP contribution in [0.25, 0.3) is 0 Å². The van der Waals surface area contributed by atoms with Gasteiger partial charge in [-0.1, -0.05) is 31.9 Å². The molecule has 0 spiro atoms. The van der Waals surface area contributed by atoms with E-state index < -0.39 is 0 Å². The molecule has 1 aromatic rings. The topological polar surface area (TPSA) is 29.0 Å². The molecule has 3 nitrogen and oxygen atoms in total. The van der Waals surface area contributed by atoms with Crippen molar-refractivity contribution in [2.24, 2.45) is 5.92 Å². The first kappa shape index (κ1) is 12.6. The van der Waals surface area contributed by atoms with Crippen LogP contribution in [-0.2, 0) is 6.42 Å². The number of aromatic nitrogens is 2. The summed E-state index contributed by atoms with van der Waals surface area (Å²) >= 11 is 6.13. The molecule has 0 unspecified atom stereocenters. The predicted octanol–water partition coefficient (Wildman–Crippen LogP) is 3.32. The van der Waals surface area contributed by atoms with Gasteiger partial charge < -0.3 is 4.90 Å². The Kier molecular flexibility index (Phi) is 4.21. The lowest BCUT2D eigenvalue weighted by atomic mass is 9.94. The standard InChI is InChI=1S/C13H20ClN3/c1-3-10-5-7-17(8-6-10)13-11(4-2)12(14)15-9-16-13/h9-10H,3-8H2,1-2H3. The monoisotopic (exact) mass is 253 g/mol. The average molecular weight is 254 g/mol. The number of halogens is 1. The van der Waals surface area contributed by atoms with E-state index in [1.165, 1.54) is 19.3 Å². The van der Waals surface area contributed by atoms with Gasteiger partial charge in [-0.25, -0.2) is 9.97 Å². The lowest BCUT2D eigenvalue weighted by Gasteiger charge is -2.33. The zero-order valence-corrected chi connectivity index (χ0v) is 11.4. The van der Waals surface area contributed by atoms with E-state index >= 15 is 0 Å². The van der Waals surface area contributed by atoms with Gasteiger partial charge >= 0.3 is 0 Å². The quantitative estimate of drug-likeness (QED) is 0.774. The Labute approximate surface area is 108 Å². The van der Waals surface area contributed by atoms with Crippen molar-refractivity contribution in [3.63, 3.8) is 0 Å². The molecular weight excluding hydrogens is 234 g/mol. The van der Waals surface area contributed by atoms with Gasteiger partial charge in [-0.05, 0) is 25.2 Å². The van der Waals surface area contributed by atoms with Crippen LogP contribution in [0.1, 0.15) is 38.7 Å². The molecule has 1 aliphatic rings. The molecule has 2 heterocycles. The van der Waals surface area contributed by atoms with Gasteiger partial charge in [0.05, 0.1) is 0 Å². The molecule has 94 valence electrons. The summed E-state index contributed by atoms with van der Waals surface area (Å²) in [6.07, 6.45) is 6.28. The van der Waals surface area contributed by atoms with Crippen LogP contribution >= 0.6 is 11.6 Å². The second-order valence-corrected chi connectivity index (χ2v) is 5.02. The van der Waals surface area contributed by atoms with Gasteiger partial charge in [-0.3, -0.25) is 0 Å². The van der Waals surface area contributed by atoms with E-state index in [-0.39, 0.29) is 0 Å². The highest BCUT2D eigenvalue weighted by Crippen LogP contribution is 2.28. The minimum atomic E-state index is 0.607. The smallest absolute Gasteiger partial charge is 0.137 e. The highest BCUT2D eigenvalue weighted by Gasteiger charge is 2.21. The van der Waals surface area contributed by atoms with Gasteiger partial charge in [-0.15, -0.1) is 0 Å². The third-order valence-corrected chi connectivity index (χ3v) is 4.04. The second kappa shape index (κ2) is 5.67. The maximum absolute atomic E-state index is 6.13. The maximum atomic E-state index is 6.13. The van der Waals surface area contributed by atoms with Gasteiger partial charge in [0, 0.05) is 18.7 Å². The summed E-state index contributed by atoms with van der Waals surface area (Å²) in [4.78, 5) is 10.8. The van der Waals surface area contributed by atoms with E-state index in [9.17, 15) is 0 Å². The van der Waals surface area contributed by atoms with Crippen molar-refractivity contribution in [1.29, 1.82) is 0 Å². The van der Waals surface area contributed by atoms with Crippen molar-refractivity contribution in [3.05, 3.63) is 17.0 Å². The number of nitrogens with zero attached hydrogens (tertiary/aromatic N) is 3. The Balaban J connectivity index is 2.15. The third-order valence-electron chi connectivity index (χ3n) is 3.72. The van der Waals surface area contributed by atoms with E-state index in [2.05, 4.69) is 28.7 Å². The molecule has 0 bridgehead atoms. The van der Waals surface area contributed by atoms with E-state index in [1.807, 2.05) is 0 Å². The second-order valence-electron chi connectivity index (χ2n) is 4.66. The minimum Gasteiger partial charge on any atom is -0.356 e. The minimum absolute atomic E-state index is 0.607. The first-order valence-corrected chi connectivity index (χ1v) is 6.88. The van der Waals surface area contributed by atoms with E-state index in [1.54, 1.807) is 6.33 Å². The number of hydrogen-bond acceptors (Lipinski definition) is 3. The Morgan fingerprint density at radius 1 is 1.29 bits per heavy atom. The molecular formula is C13H20ClN3. The summed E-state index contributed by atoms with van der Waals surface area (Å²) in [6, 6.07) is 0. The summed E-state index contributed by atoms with van der Waals surface area (Å²) < 4.78 is 0. The lowest BCUT2D eigenvalue weighted by Crippen LogP contribution is -2.34. The summed E-state index contributed by atoms with van der Waals surface area (Å²) in [5.74, 6) is 1.93. The van der Waals surface area contributed by atoms with Gasteiger partial charge in [0.1, 0.15) is 17.3 Å². The van der Waals surface area contributed by atoms with Crippen LogP contribution in [0, 0.1) is 5.92 Å². The molecule has 0 saturated carbocycles. The molecule has 0 amide bonds. The molecule has 0 radical (unpaired) electrons. The summed E-state index contributed by atoms with van der Waals surface area (Å²) in [6.45, 7) is 6.57. The normalized spacial score (nSPS) is 17.5. The van der Waals surface area contributed by atoms with Crippen molar-refractivity contribution in [2.75, 3.05) is 18.0 Å². The molecule has 1 fully saturated rings. The van der Waals surface area contributed by atoms with Gasteiger partial charge in [0.25, 0.3) is 0 Å². The van der Waals surface area contributed by atoms with Crippen molar-refractivity contribution in [1.82, 2.24) is 9.97 Å². The van der Waals surface area contributed by atoms with Crippen LogP contribution in [-0.4, -0.2) is 23.1 Å². The van der Waals surface area contributed by atoms with Crippen LogP contribution in [0.3, 0.4) is 0 Å². The van der Waals surface area contributed by atoms with Crippen molar-refractivity contribution < 1.29 is 0 Å². The molecule has 1 aromatic heterocycles. The van der Waals surface area contributed by atoms with E-state index in [4.69, 9.17) is 11.6 Å². The SMILES string of the molecule is CCc1c(Cl)ncnc1N1CCC(CC)CC1. The van der Waals surface area contributed by atoms with Crippen molar-refractivity contribution >= 4 is 17.4 Å². The largest absolute Gasteiger partial charge is 0.356 e. The number of rotatable bonds is 3. The molecule has 2 rings (SSSR count). The van der Waals surface area contributed by atoms with Gasteiger partial charge in [0.15, 0.2) is 0 Å². The summed E-state index contributed by atoms with van der Waals surface area (Å²) in [7, 11) is 0. The van der Waals surface area contributed by atoms with Crippen LogP contribution in [0.2, 0.25) is 5.15 Å². The maximum Gasteiger partial charge on any atom is 0.137 e. The van der Waals surface area contributed by atoms with Gasteiger partial charge in [-0.2, -0.15) is 0 Å². The Hall–Kier alpha value is -0.830. The van der Waals surface area contributed by atoms with E-state index in [0.717, 1.165) is 36.8 Å². The number of anilines is 1. The molecule has 0 aliphatic carbocycles. The molecule has 4 heteroatoms. The molecule has 17 heavy (non-hydrogen) atoms. The van der Waals surface area contributed by atoms with Crippen molar-refractivity contribution in [2.45, 2.75) is 39.5 Å². The van der Waals surface area contributed by atoms with Crippen LogP contribution in [0.5, 0.6) is 0 Å². The average Bonchev–Trinajstić information content (AvgIpc) is 2.38. The molecule has 0 aromatic carbocycles. The third kappa shape index (κ3) is 2.71. The zero-order chi connectivity index (χ0) is 12.3. The predicted molar refractivity (Wildman–Crippen MR) is 71.6 cm³/mol. The molecule has 0 N–H and O–H groups in total. The first-order valence-electron chi connectivity index (χ1n) is 6.50. The first-order chi connectivity index (χ1) is 8.26. The highest BCUT2D eigenvalue weighted by atomic mass is 35.5. The van der Waals surface area contributed by atoms with Gasteiger partial charge in [0.2, 0.25) is 0 Å². The van der Waals surface area contributed by atoms with Crippen molar-refractivity contribution in [3.8, 4) is 0 Å². The molecule has 0 atom stereocenters. The zero-order valence-electron chi connectivity index (χ0n) is 10.6. The number of piperidine rings is 1. The molecule has 1 saturated heterocycles.